The monoisotopic (exact) mass is 459 g/mol. The van der Waals surface area contributed by atoms with Crippen molar-refractivity contribution in [2.45, 2.75) is 13.8 Å². The summed E-state index contributed by atoms with van der Waals surface area (Å²) in [6.45, 7) is 3.95. The summed E-state index contributed by atoms with van der Waals surface area (Å²) in [4.78, 5) is 17.0. The van der Waals surface area contributed by atoms with Crippen LogP contribution in [-0.4, -0.2) is 31.5 Å². The van der Waals surface area contributed by atoms with E-state index in [-0.39, 0.29) is 11.4 Å². The van der Waals surface area contributed by atoms with Crippen LogP contribution in [0.25, 0.3) is 11.8 Å². The van der Waals surface area contributed by atoms with E-state index in [0.29, 0.717) is 15.2 Å². The van der Waals surface area contributed by atoms with E-state index < -0.39 is 5.91 Å². The number of carbonyl (C=O) groups is 1. The van der Waals surface area contributed by atoms with Crippen LogP contribution < -0.4 is 0 Å². The van der Waals surface area contributed by atoms with Crippen LogP contribution in [0.3, 0.4) is 0 Å². The van der Waals surface area contributed by atoms with Gasteiger partial charge in [-0.15, -0.1) is 0 Å². The fourth-order valence-corrected chi connectivity index (χ4v) is 4.90. The molecule has 0 aliphatic carbocycles. The van der Waals surface area contributed by atoms with Crippen LogP contribution in [0.4, 0.5) is 0 Å². The van der Waals surface area contributed by atoms with Gasteiger partial charge in [-0.05, 0) is 55.4 Å². The Bertz CT molecular complexity index is 1370. The molecule has 0 saturated carbocycles. The van der Waals surface area contributed by atoms with E-state index in [0.717, 1.165) is 28.2 Å². The maximum Gasteiger partial charge on any atom is 0.283 e. The van der Waals surface area contributed by atoms with E-state index in [2.05, 4.69) is 10.1 Å². The second-order valence-electron chi connectivity index (χ2n) is 7.40. The van der Waals surface area contributed by atoms with E-state index in [1.807, 2.05) is 79.1 Å². The number of aryl methyl sites for hydroxylation is 1. The second kappa shape index (κ2) is 7.93. The third-order valence-corrected chi connectivity index (χ3v) is 6.62. The fourth-order valence-electron chi connectivity index (χ4n) is 3.78. The number of hydrogen-bond donors (Lipinski definition) is 1. The molecule has 0 fully saturated rings. The van der Waals surface area contributed by atoms with Crippen LogP contribution in [0.2, 0.25) is 5.02 Å². The number of fused-ring (bicyclic) bond motifs is 1. The largest absolute Gasteiger partial charge is 0.316 e. The van der Waals surface area contributed by atoms with Gasteiger partial charge in [-0.25, -0.2) is 0 Å². The Balaban J connectivity index is 1.53. The molecule has 2 aromatic carbocycles. The normalized spacial score (nSPS) is 17.0. The molecular formula is C24H18ClN5OS. The summed E-state index contributed by atoms with van der Waals surface area (Å²) in [5.41, 5.74) is 4.71. The summed E-state index contributed by atoms with van der Waals surface area (Å²) < 4.78 is 2.04. The Hall–Kier alpha value is -3.42. The van der Waals surface area contributed by atoms with Crippen molar-refractivity contribution in [3.63, 3.8) is 0 Å². The molecule has 32 heavy (non-hydrogen) atoms. The number of aromatic nitrogens is 1. The highest BCUT2D eigenvalue weighted by Crippen LogP contribution is 2.32. The van der Waals surface area contributed by atoms with Gasteiger partial charge >= 0.3 is 0 Å². The van der Waals surface area contributed by atoms with Crippen molar-refractivity contribution in [1.29, 1.82) is 5.41 Å². The first-order valence-electron chi connectivity index (χ1n) is 9.93. The molecule has 158 valence electrons. The third kappa shape index (κ3) is 3.39. The van der Waals surface area contributed by atoms with Crippen molar-refractivity contribution in [2.75, 3.05) is 0 Å². The lowest BCUT2D eigenvalue weighted by Crippen LogP contribution is -2.35. The number of nitrogens with zero attached hydrogens (tertiary/aromatic N) is 4. The molecule has 0 atom stereocenters. The summed E-state index contributed by atoms with van der Waals surface area (Å²) in [6.07, 6.45) is 1.71. The average Bonchev–Trinajstić information content (AvgIpc) is 3.33. The lowest BCUT2D eigenvalue weighted by Gasteiger charge is -2.20. The van der Waals surface area contributed by atoms with Gasteiger partial charge in [-0.3, -0.25) is 10.2 Å². The number of para-hydroxylation sites is 1. The van der Waals surface area contributed by atoms with Crippen LogP contribution >= 0.6 is 23.4 Å². The molecule has 5 rings (SSSR count). The highest BCUT2D eigenvalue weighted by atomic mass is 35.5. The van der Waals surface area contributed by atoms with E-state index in [1.54, 1.807) is 6.08 Å². The Labute approximate surface area is 194 Å². The van der Waals surface area contributed by atoms with Crippen molar-refractivity contribution < 1.29 is 4.79 Å². The van der Waals surface area contributed by atoms with Gasteiger partial charge in [-0.2, -0.15) is 15.1 Å². The molecule has 0 bridgehead atoms. The number of carbonyl (C=O) groups excluding carboxylic acids is 1. The van der Waals surface area contributed by atoms with Gasteiger partial charge < -0.3 is 4.57 Å². The van der Waals surface area contributed by atoms with Gasteiger partial charge in [-0.1, -0.05) is 54.1 Å². The van der Waals surface area contributed by atoms with E-state index in [1.165, 1.54) is 16.8 Å². The molecule has 0 radical (unpaired) electrons. The van der Waals surface area contributed by atoms with E-state index >= 15 is 0 Å². The number of amidine groups is 2. The molecular weight excluding hydrogens is 442 g/mol. The lowest BCUT2D eigenvalue weighted by atomic mass is 10.1. The Morgan fingerprint density at radius 3 is 2.53 bits per heavy atom. The number of nitrogens with one attached hydrogen (secondary N) is 1. The van der Waals surface area contributed by atoms with Crippen molar-refractivity contribution in [3.8, 4) is 5.69 Å². The predicted octanol–water partition coefficient (Wildman–Crippen LogP) is 5.42. The van der Waals surface area contributed by atoms with Crippen LogP contribution in [0.15, 0.2) is 76.3 Å². The van der Waals surface area contributed by atoms with Gasteiger partial charge in [0.2, 0.25) is 5.17 Å². The summed E-state index contributed by atoms with van der Waals surface area (Å²) in [6, 6.07) is 19.3. The Morgan fingerprint density at radius 2 is 1.78 bits per heavy atom. The Kier molecular flexibility index (Phi) is 5.07. The molecule has 2 aliphatic rings. The molecule has 8 heteroatoms. The van der Waals surface area contributed by atoms with Crippen molar-refractivity contribution in [3.05, 3.63) is 93.8 Å². The van der Waals surface area contributed by atoms with Crippen molar-refractivity contribution >= 4 is 51.4 Å². The lowest BCUT2D eigenvalue weighted by molar-refractivity contribution is -0.114. The molecule has 1 amide bonds. The second-order valence-corrected chi connectivity index (χ2v) is 8.77. The molecule has 0 spiro atoms. The number of hydrazone groups is 1. The maximum atomic E-state index is 12.8. The summed E-state index contributed by atoms with van der Waals surface area (Å²) in [5.74, 6) is -0.429. The predicted molar refractivity (Wildman–Crippen MR) is 131 cm³/mol. The topological polar surface area (TPSA) is 73.8 Å². The minimum atomic E-state index is -0.444. The zero-order valence-electron chi connectivity index (χ0n) is 17.3. The highest BCUT2D eigenvalue weighted by Gasteiger charge is 2.36. The number of benzene rings is 2. The minimum Gasteiger partial charge on any atom is -0.316 e. The molecule has 2 aliphatic heterocycles. The van der Waals surface area contributed by atoms with Gasteiger partial charge in [0.25, 0.3) is 5.91 Å². The van der Waals surface area contributed by atoms with E-state index in [4.69, 9.17) is 17.0 Å². The maximum absolute atomic E-state index is 12.8. The number of hydrogen-bond acceptors (Lipinski definition) is 4. The first kappa shape index (κ1) is 20.5. The quantitative estimate of drug-likeness (QED) is 0.532. The van der Waals surface area contributed by atoms with Gasteiger partial charge in [0.15, 0.2) is 5.84 Å². The summed E-state index contributed by atoms with van der Waals surface area (Å²) in [7, 11) is 0. The first-order chi connectivity index (χ1) is 15.4. The number of rotatable bonds is 3. The summed E-state index contributed by atoms with van der Waals surface area (Å²) >= 11 is 7.70. The first-order valence-corrected chi connectivity index (χ1v) is 11.1. The van der Waals surface area contributed by atoms with Crippen molar-refractivity contribution in [1.82, 2.24) is 9.58 Å². The molecule has 6 nitrogen and oxygen atoms in total. The fraction of sp³-hybridized carbons (Fsp3) is 0.0833. The number of thioether (sulfide) groups is 1. The Morgan fingerprint density at radius 1 is 1.06 bits per heavy atom. The van der Waals surface area contributed by atoms with Gasteiger partial charge in [0.05, 0.1) is 16.3 Å². The molecule has 3 aromatic rings. The van der Waals surface area contributed by atoms with Crippen LogP contribution in [0.1, 0.15) is 22.5 Å². The molecule has 1 N–H and O–H groups in total. The number of aliphatic imine (C=N–C) groups is 1. The van der Waals surface area contributed by atoms with Crippen molar-refractivity contribution in [2.24, 2.45) is 10.1 Å². The SMILES string of the molecule is Cc1cc(C=C2C(=N)N3N=C(c4ccccc4)SC3=NC2=O)c(C)n1-c1ccccc1Cl. The minimum absolute atomic E-state index is 0.0148. The standard InChI is InChI=1S/C24H18ClN5OS/c1-14-12-17(15(2)29(14)20-11-7-6-10-19(20)25)13-18-21(26)30-24(27-22(18)31)32-23(28-30)16-8-4-3-5-9-16/h3-13,26H,1-2H3. The van der Waals surface area contributed by atoms with E-state index in [9.17, 15) is 4.79 Å². The molecule has 0 unspecified atom stereocenters. The number of halogens is 1. The highest BCUT2D eigenvalue weighted by molar-refractivity contribution is 8.27. The zero-order valence-corrected chi connectivity index (χ0v) is 18.9. The zero-order chi connectivity index (χ0) is 22.4. The van der Waals surface area contributed by atoms with Gasteiger partial charge in [0, 0.05) is 17.0 Å². The summed E-state index contributed by atoms with van der Waals surface area (Å²) in [5, 5.41) is 16.3. The molecule has 0 saturated heterocycles. The molecule has 3 heterocycles. The van der Waals surface area contributed by atoms with Crippen LogP contribution in [0, 0.1) is 19.3 Å². The number of amides is 1. The molecule has 1 aromatic heterocycles. The third-order valence-electron chi connectivity index (χ3n) is 5.34. The average molecular weight is 460 g/mol. The van der Waals surface area contributed by atoms with Crippen LogP contribution in [-0.2, 0) is 4.79 Å². The smallest absolute Gasteiger partial charge is 0.283 e. The van der Waals surface area contributed by atoms with Gasteiger partial charge in [0.1, 0.15) is 5.04 Å². The van der Waals surface area contributed by atoms with Crippen LogP contribution in [0.5, 0.6) is 0 Å².